The smallest absolute Gasteiger partial charge is 0.251 e. The summed E-state index contributed by atoms with van der Waals surface area (Å²) in [5, 5.41) is 2.94. The first-order valence-corrected chi connectivity index (χ1v) is 6.99. The second kappa shape index (κ2) is 5.45. The standard InChI is InChI=1S/C15H18N2OS/c1-9-4-5-12(16)7-14(9)15(18)17-8-13-6-10(2)11(3)19-13/h4-7H,8,16H2,1-3H3,(H,17,18). The molecule has 0 fully saturated rings. The lowest BCUT2D eigenvalue weighted by atomic mass is 10.1. The zero-order valence-corrected chi connectivity index (χ0v) is 12.2. The topological polar surface area (TPSA) is 55.1 Å². The van der Waals surface area contributed by atoms with Gasteiger partial charge in [0.1, 0.15) is 0 Å². The van der Waals surface area contributed by atoms with E-state index in [0.29, 0.717) is 17.8 Å². The number of anilines is 1. The van der Waals surface area contributed by atoms with E-state index in [1.54, 1.807) is 23.5 Å². The molecule has 19 heavy (non-hydrogen) atoms. The van der Waals surface area contributed by atoms with Gasteiger partial charge in [-0.25, -0.2) is 0 Å². The molecular weight excluding hydrogens is 256 g/mol. The number of rotatable bonds is 3. The van der Waals surface area contributed by atoms with E-state index in [9.17, 15) is 4.79 Å². The van der Waals surface area contributed by atoms with Gasteiger partial charge in [-0.05, 0) is 50.1 Å². The average molecular weight is 274 g/mol. The van der Waals surface area contributed by atoms with Gasteiger partial charge in [0.25, 0.3) is 5.91 Å². The molecule has 0 saturated carbocycles. The van der Waals surface area contributed by atoms with Crippen molar-refractivity contribution in [1.29, 1.82) is 0 Å². The molecule has 1 aromatic heterocycles. The van der Waals surface area contributed by atoms with Gasteiger partial charge in [-0.15, -0.1) is 11.3 Å². The van der Waals surface area contributed by atoms with Crippen LogP contribution in [0.1, 0.15) is 31.2 Å². The quantitative estimate of drug-likeness (QED) is 0.845. The molecule has 0 saturated heterocycles. The first-order chi connectivity index (χ1) is 8.97. The Labute approximate surface area is 117 Å². The van der Waals surface area contributed by atoms with Gasteiger partial charge < -0.3 is 11.1 Å². The number of hydrogen-bond acceptors (Lipinski definition) is 3. The van der Waals surface area contributed by atoms with Gasteiger partial charge in [0.05, 0.1) is 6.54 Å². The van der Waals surface area contributed by atoms with E-state index < -0.39 is 0 Å². The van der Waals surface area contributed by atoms with E-state index >= 15 is 0 Å². The lowest BCUT2D eigenvalue weighted by molar-refractivity contribution is 0.0950. The van der Waals surface area contributed by atoms with Gasteiger partial charge in [-0.1, -0.05) is 6.07 Å². The van der Waals surface area contributed by atoms with E-state index in [0.717, 1.165) is 5.56 Å². The third-order valence-corrected chi connectivity index (χ3v) is 4.30. The van der Waals surface area contributed by atoms with Crippen LogP contribution in [0.4, 0.5) is 5.69 Å². The summed E-state index contributed by atoms with van der Waals surface area (Å²) < 4.78 is 0. The van der Waals surface area contributed by atoms with Crippen molar-refractivity contribution in [2.75, 3.05) is 5.73 Å². The van der Waals surface area contributed by atoms with Crippen LogP contribution in [0.3, 0.4) is 0 Å². The minimum absolute atomic E-state index is 0.0755. The number of benzene rings is 1. The van der Waals surface area contributed by atoms with Crippen LogP contribution in [0.2, 0.25) is 0 Å². The van der Waals surface area contributed by atoms with E-state index in [4.69, 9.17) is 5.73 Å². The maximum atomic E-state index is 12.1. The number of nitrogen functional groups attached to an aromatic ring is 1. The third kappa shape index (κ3) is 3.15. The molecule has 0 aliphatic carbocycles. The maximum Gasteiger partial charge on any atom is 0.251 e. The van der Waals surface area contributed by atoms with Gasteiger partial charge in [0, 0.05) is 21.0 Å². The molecule has 0 aliphatic rings. The number of aryl methyl sites for hydroxylation is 3. The van der Waals surface area contributed by atoms with Crippen LogP contribution in [0.5, 0.6) is 0 Å². The first kappa shape index (κ1) is 13.6. The molecule has 100 valence electrons. The van der Waals surface area contributed by atoms with Gasteiger partial charge in [0.15, 0.2) is 0 Å². The van der Waals surface area contributed by atoms with Gasteiger partial charge in [0.2, 0.25) is 0 Å². The van der Waals surface area contributed by atoms with Crippen molar-refractivity contribution in [2.24, 2.45) is 0 Å². The van der Waals surface area contributed by atoms with Crippen molar-refractivity contribution in [3.63, 3.8) is 0 Å². The van der Waals surface area contributed by atoms with Crippen LogP contribution in [-0.4, -0.2) is 5.91 Å². The Bertz CT molecular complexity index is 597. The summed E-state index contributed by atoms with van der Waals surface area (Å²) in [6.07, 6.45) is 0. The zero-order valence-electron chi connectivity index (χ0n) is 11.4. The molecule has 4 heteroatoms. The number of thiophene rings is 1. The van der Waals surface area contributed by atoms with Gasteiger partial charge in [-0.2, -0.15) is 0 Å². The molecule has 0 atom stereocenters. The predicted octanol–water partition coefficient (Wildman–Crippen LogP) is 3.19. The van der Waals surface area contributed by atoms with Gasteiger partial charge >= 0.3 is 0 Å². The van der Waals surface area contributed by atoms with Crippen molar-refractivity contribution < 1.29 is 4.79 Å². The van der Waals surface area contributed by atoms with Crippen LogP contribution in [-0.2, 0) is 6.54 Å². The Morgan fingerprint density at radius 1 is 1.21 bits per heavy atom. The molecule has 1 aromatic carbocycles. The highest BCUT2D eigenvalue weighted by Crippen LogP contribution is 2.20. The normalized spacial score (nSPS) is 10.5. The summed E-state index contributed by atoms with van der Waals surface area (Å²) in [4.78, 5) is 14.6. The number of nitrogens with one attached hydrogen (secondary N) is 1. The number of nitrogens with two attached hydrogens (primary N) is 1. The van der Waals surface area contributed by atoms with E-state index in [1.807, 2.05) is 13.0 Å². The minimum Gasteiger partial charge on any atom is -0.399 e. The van der Waals surface area contributed by atoms with E-state index in [2.05, 4.69) is 25.2 Å². The van der Waals surface area contributed by atoms with E-state index in [1.165, 1.54) is 15.3 Å². The molecule has 0 radical (unpaired) electrons. The highest BCUT2D eigenvalue weighted by Gasteiger charge is 2.10. The second-order valence-electron chi connectivity index (χ2n) is 4.71. The van der Waals surface area contributed by atoms with Crippen molar-refractivity contribution >= 4 is 22.9 Å². The number of carbonyl (C=O) groups is 1. The molecule has 0 unspecified atom stereocenters. The molecule has 2 rings (SSSR count). The lowest BCUT2D eigenvalue weighted by Gasteiger charge is -2.07. The summed E-state index contributed by atoms with van der Waals surface area (Å²) in [5.74, 6) is -0.0755. The Morgan fingerprint density at radius 2 is 1.95 bits per heavy atom. The molecule has 1 heterocycles. The molecule has 0 bridgehead atoms. The molecule has 3 nitrogen and oxygen atoms in total. The number of hydrogen-bond donors (Lipinski definition) is 2. The maximum absolute atomic E-state index is 12.1. The largest absolute Gasteiger partial charge is 0.399 e. The average Bonchev–Trinajstić information content (AvgIpc) is 2.69. The summed E-state index contributed by atoms with van der Waals surface area (Å²) >= 11 is 1.72. The molecule has 2 aromatic rings. The molecule has 3 N–H and O–H groups in total. The minimum atomic E-state index is -0.0755. The summed E-state index contributed by atoms with van der Waals surface area (Å²) in [6.45, 7) is 6.65. The fourth-order valence-electron chi connectivity index (χ4n) is 1.88. The van der Waals surface area contributed by atoms with Crippen molar-refractivity contribution in [1.82, 2.24) is 5.32 Å². The van der Waals surface area contributed by atoms with Crippen LogP contribution >= 0.6 is 11.3 Å². The number of carbonyl (C=O) groups excluding carboxylic acids is 1. The fourth-order valence-corrected chi connectivity index (χ4v) is 2.88. The summed E-state index contributed by atoms with van der Waals surface area (Å²) in [6, 6.07) is 7.50. The van der Waals surface area contributed by atoms with Crippen molar-refractivity contribution in [2.45, 2.75) is 27.3 Å². The first-order valence-electron chi connectivity index (χ1n) is 6.17. The Kier molecular flexibility index (Phi) is 3.90. The van der Waals surface area contributed by atoms with Crippen LogP contribution in [0.15, 0.2) is 24.3 Å². The zero-order chi connectivity index (χ0) is 14.0. The second-order valence-corrected chi connectivity index (χ2v) is 6.05. The molecule has 1 amide bonds. The lowest BCUT2D eigenvalue weighted by Crippen LogP contribution is -2.23. The van der Waals surface area contributed by atoms with Gasteiger partial charge in [-0.3, -0.25) is 4.79 Å². The monoisotopic (exact) mass is 274 g/mol. The summed E-state index contributed by atoms with van der Waals surface area (Å²) in [7, 11) is 0. The Morgan fingerprint density at radius 3 is 2.58 bits per heavy atom. The molecule has 0 aliphatic heterocycles. The van der Waals surface area contributed by atoms with Crippen molar-refractivity contribution in [3.05, 3.63) is 50.7 Å². The Hall–Kier alpha value is -1.81. The van der Waals surface area contributed by atoms with Crippen LogP contribution < -0.4 is 11.1 Å². The molecular formula is C15H18N2OS. The predicted molar refractivity (Wildman–Crippen MR) is 80.6 cm³/mol. The third-order valence-electron chi connectivity index (χ3n) is 3.15. The number of amides is 1. The summed E-state index contributed by atoms with van der Waals surface area (Å²) in [5.41, 5.74) is 9.18. The van der Waals surface area contributed by atoms with E-state index in [-0.39, 0.29) is 5.91 Å². The Balaban J connectivity index is 2.07. The SMILES string of the molecule is Cc1ccc(N)cc1C(=O)NCc1cc(C)c(C)s1. The fraction of sp³-hybridized carbons (Fsp3) is 0.267. The molecule has 0 spiro atoms. The van der Waals surface area contributed by atoms with Crippen LogP contribution in [0.25, 0.3) is 0 Å². The highest BCUT2D eigenvalue weighted by molar-refractivity contribution is 7.12. The van der Waals surface area contributed by atoms with Crippen LogP contribution in [0, 0.1) is 20.8 Å². The highest BCUT2D eigenvalue weighted by atomic mass is 32.1. The van der Waals surface area contributed by atoms with Crippen molar-refractivity contribution in [3.8, 4) is 0 Å².